The summed E-state index contributed by atoms with van der Waals surface area (Å²) in [5.41, 5.74) is 1.24. The highest BCUT2D eigenvalue weighted by Gasteiger charge is 2.15. The fourth-order valence-corrected chi connectivity index (χ4v) is 2.78. The van der Waals surface area contributed by atoms with E-state index in [2.05, 4.69) is 38.0 Å². The van der Waals surface area contributed by atoms with Crippen LogP contribution in [0, 0.1) is 0 Å². The summed E-state index contributed by atoms with van der Waals surface area (Å²) in [6.45, 7) is 7.55. The molecule has 4 heteroatoms. The molecular weight excluding hydrogens is 218 g/mol. The first-order chi connectivity index (χ1) is 7.63. The van der Waals surface area contributed by atoms with Gasteiger partial charge in [-0.3, -0.25) is 0 Å². The van der Waals surface area contributed by atoms with Gasteiger partial charge in [-0.2, -0.15) is 0 Å². The average Bonchev–Trinajstić information content (AvgIpc) is 2.70. The second-order valence-corrected chi connectivity index (χ2v) is 5.18. The maximum absolute atomic E-state index is 4.72. The molecule has 0 saturated heterocycles. The number of rotatable bonds is 6. The SMILES string of the molecule is CCc1nc(N(C)C(C)CC)sc1CNC. The van der Waals surface area contributed by atoms with E-state index in [4.69, 9.17) is 4.98 Å². The zero-order chi connectivity index (χ0) is 12.1. The second-order valence-electron chi connectivity index (χ2n) is 4.12. The van der Waals surface area contributed by atoms with E-state index < -0.39 is 0 Å². The Morgan fingerprint density at radius 1 is 1.44 bits per heavy atom. The Bertz CT molecular complexity index is 322. The van der Waals surface area contributed by atoms with Gasteiger partial charge in [0.25, 0.3) is 0 Å². The first-order valence-electron chi connectivity index (χ1n) is 5.99. The number of anilines is 1. The Hall–Kier alpha value is -0.610. The van der Waals surface area contributed by atoms with Crippen molar-refractivity contribution in [3.05, 3.63) is 10.6 Å². The highest BCUT2D eigenvalue weighted by Crippen LogP contribution is 2.27. The summed E-state index contributed by atoms with van der Waals surface area (Å²) in [5, 5.41) is 4.36. The van der Waals surface area contributed by atoms with Gasteiger partial charge in [0.1, 0.15) is 0 Å². The molecule has 1 aromatic heterocycles. The molecule has 1 heterocycles. The molecule has 1 aromatic rings. The van der Waals surface area contributed by atoms with E-state index >= 15 is 0 Å². The molecule has 0 radical (unpaired) electrons. The molecule has 0 saturated carbocycles. The molecule has 0 fully saturated rings. The third kappa shape index (κ3) is 2.95. The van der Waals surface area contributed by atoms with Crippen LogP contribution in [0.2, 0.25) is 0 Å². The van der Waals surface area contributed by atoms with Crippen molar-refractivity contribution in [3.8, 4) is 0 Å². The van der Waals surface area contributed by atoms with Gasteiger partial charge >= 0.3 is 0 Å². The number of aromatic nitrogens is 1. The van der Waals surface area contributed by atoms with Crippen LogP contribution >= 0.6 is 11.3 Å². The number of aryl methyl sites for hydroxylation is 1. The molecule has 0 aromatic carbocycles. The van der Waals surface area contributed by atoms with Gasteiger partial charge in [-0.05, 0) is 26.8 Å². The zero-order valence-electron chi connectivity index (χ0n) is 11.0. The molecule has 0 amide bonds. The van der Waals surface area contributed by atoms with Crippen molar-refractivity contribution in [2.75, 3.05) is 19.0 Å². The van der Waals surface area contributed by atoms with Gasteiger partial charge in [-0.25, -0.2) is 4.98 Å². The van der Waals surface area contributed by atoms with E-state index in [1.54, 1.807) is 0 Å². The number of thiazole rings is 1. The summed E-state index contributed by atoms with van der Waals surface area (Å²) in [5.74, 6) is 0. The average molecular weight is 241 g/mol. The van der Waals surface area contributed by atoms with Gasteiger partial charge < -0.3 is 10.2 Å². The van der Waals surface area contributed by atoms with Crippen LogP contribution in [-0.2, 0) is 13.0 Å². The number of hydrogen-bond donors (Lipinski definition) is 1. The van der Waals surface area contributed by atoms with E-state index in [9.17, 15) is 0 Å². The van der Waals surface area contributed by atoms with Gasteiger partial charge in [0.15, 0.2) is 5.13 Å². The van der Waals surface area contributed by atoms with E-state index in [0.29, 0.717) is 6.04 Å². The Balaban J connectivity index is 2.89. The molecule has 1 rings (SSSR count). The highest BCUT2D eigenvalue weighted by atomic mass is 32.1. The van der Waals surface area contributed by atoms with Crippen LogP contribution in [0.5, 0.6) is 0 Å². The van der Waals surface area contributed by atoms with Crippen LogP contribution in [0.3, 0.4) is 0 Å². The van der Waals surface area contributed by atoms with Gasteiger partial charge in [0.2, 0.25) is 0 Å². The molecule has 92 valence electrons. The Morgan fingerprint density at radius 2 is 2.12 bits per heavy atom. The van der Waals surface area contributed by atoms with Crippen LogP contribution in [0.15, 0.2) is 0 Å². The minimum atomic E-state index is 0.554. The van der Waals surface area contributed by atoms with E-state index in [1.165, 1.54) is 10.6 Å². The highest BCUT2D eigenvalue weighted by molar-refractivity contribution is 7.15. The van der Waals surface area contributed by atoms with E-state index in [-0.39, 0.29) is 0 Å². The Morgan fingerprint density at radius 3 is 2.62 bits per heavy atom. The maximum Gasteiger partial charge on any atom is 0.185 e. The van der Waals surface area contributed by atoms with Gasteiger partial charge in [0, 0.05) is 24.5 Å². The van der Waals surface area contributed by atoms with Crippen molar-refractivity contribution in [3.63, 3.8) is 0 Å². The molecule has 0 bridgehead atoms. The van der Waals surface area contributed by atoms with Crippen LogP contribution in [0.4, 0.5) is 5.13 Å². The molecule has 1 N–H and O–H groups in total. The Kier molecular flexibility index (Phi) is 5.22. The second kappa shape index (κ2) is 6.21. The van der Waals surface area contributed by atoms with Crippen molar-refractivity contribution in [2.45, 2.75) is 46.2 Å². The lowest BCUT2D eigenvalue weighted by molar-refractivity contribution is 0.661. The predicted molar refractivity (Wildman–Crippen MR) is 72.4 cm³/mol. The fraction of sp³-hybridized carbons (Fsp3) is 0.750. The number of nitrogens with one attached hydrogen (secondary N) is 1. The van der Waals surface area contributed by atoms with Gasteiger partial charge in [-0.15, -0.1) is 11.3 Å². The monoisotopic (exact) mass is 241 g/mol. The lowest BCUT2D eigenvalue weighted by atomic mass is 10.2. The molecule has 0 aliphatic carbocycles. The summed E-state index contributed by atoms with van der Waals surface area (Å²) in [7, 11) is 4.12. The van der Waals surface area contributed by atoms with Gasteiger partial charge in [-0.1, -0.05) is 13.8 Å². The smallest absolute Gasteiger partial charge is 0.185 e. The molecule has 0 spiro atoms. The van der Waals surface area contributed by atoms with Crippen LogP contribution in [0.1, 0.15) is 37.8 Å². The lowest BCUT2D eigenvalue weighted by Gasteiger charge is -2.22. The molecule has 1 unspecified atom stereocenters. The summed E-state index contributed by atoms with van der Waals surface area (Å²) in [4.78, 5) is 8.37. The molecule has 16 heavy (non-hydrogen) atoms. The standard InChI is InChI=1S/C12H23N3S/c1-6-9(3)15(5)12-14-10(7-2)11(16-12)8-13-4/h9,13H,6-8H2,1-5H3. The molecule has 0 aliphatic heterocycles. The van der Waals surface area contributed by atoms with Crippen molar-refractivity contribution in [1.29, 1.82) is 0 Å². The maximum atomic E-state index is 4.72. The van der Waals surface area contributed by atoms with Crippen molar-refractivity contribution in [1.82, 2.24) is 10.3 Å². The van der Waals surface area contributed by atoms with Crippen LogP contribution in [0.25, 0.3) is 0 Å². The van der Waals surface area contributed by atoms with Crippen LogP contribution < -0.4 is 10.2 Å². The minimum Gasteiger partial charge on any atom is -0.348 e. The molecular formula is C12H23N3S. The van der Waals surface area contributed by atoms with E-state index in [0.717, 1.165) is 24.5 Å². The number of nitrogens with zero attached hydrogens (tertiary/aromatic N) is 2. The normalized spacial score (nSPS) is 12.8. The largest absolute Gasteiger partial charge is 0.348 e. The minimum absolute atomic E-state index is 0.554. The Labute approximate surface area is 103 Å². The topological polar surface area (TPSA) is 28.2 Å². The predicted octanol–water partition coefficient (Wildman–Crippen LogP) is 2.66. The van der Waals surface area contributed by atoms with Crippen molar-refractivity contribution >= 4 is 16.5 Å². The lowest BCUT2D eigenvalue weighted by Crippen LogP contribution is -2.27. The quantitative estimate of drug-likeness (QED) is 0.830. The summed E-state index contributed by atoms with van der Waals surface area (Å²) < 4.78 is 0. The van der Waals surface area contributed by atoms with Crippen LogP contribution in [-0.4, -0.2) is 25.1 Å². The first-order valence-corrected chi connectivity index (χ1v) is 6.81. The first kappa shape index (κ1) is 13.5. The molecule has 3 nitrogen and oxygen atoms in total. The molecule has 0 aliphatic rings. The van der Waals surface area contributed by atoms with Crippen molar-refractivity contribution < 1.29 is 0 Å². The zero-order valence-corrected chi connectivity index (χ0v) is 11.8. The summed E-state index contributed by atoms with van der Waals surface area (Å²) in [6.07, 6.45) is 2.17. The third-order valence-corrected chi connectivity index (χ3v) is 4.18. The third-order valence-electron chi connectivity index (χ3n) is 2.99. The van der Waals surface area contributed by atoms with E-state index in [1.807, 2.05) is 18.4 Å². The summed E-state index contributed by atoms with van der Waals surface area (Å²) in [6, 6.07) is 0.554. The fourth-order valence-electron chi connectivity index (χ4n) is 1.56. The van der Waals surface area contributed by atoms with Crippen molar-refractivity contribution in [2.24, 2.45) is 0 Å². The number of hydrogen-bond acceptors (Lipinski definition) is 4. The van der Waals surface area contributed by atoms with Gasteiger partial charge in [0.05, 0.1) is 5.69 Å². The molecule has 1 atom stereocenters. The summed E-state index contributed by atoms with van der Waals surface area (Å²) >= 11 is 1.81.